The van der Waals surface area contributed by atoms with Gasteiger partial charge in [-0.15, -0.1) is 0 Å². The molecule has 4 heteroatoms. The van der Waals surface area contributed by atoms with Crippen molar-refractivity contribution in [3.8, 4) is 5.75 Å². The van der Waals surface area contributed by atoms with Gasteiger partial charge >= 0.3 is 0 Å². The van der Waals surface area contributed by atoms with Crippen molar-refractivity contribution in [2.45, 2.75) is 32.3 Å². The fourth-order valence-electron chi connectivity index (χ4n) is 2.52. The second kappa shape index (κ2) is 5.21. The first-order chi connectivity index (χ1) is 8.86. The van der Waals surface area contributed by atoms with Gasteiger partial charge in [0, 0.05) is 19.0 Å². The van der Waals surface area contributed by atoms with Crippen molar-refractivity contribution in [1.82, 2.24) is 4.90 Å². The number of likely N-dealkylation sites (tertiary alicyclic amines) is 1. The number of amides is 1. The zero-order chi connectivity index (χ0) is 14.0. The number of aliphatic hydroxyl groups is 1. The maximum absolute atomic E-state index is 12.2. The molecule has 1 aromatic carbocycles. The third-order valence-electron chi connectivity index (χ3n) is 3.81. The Morgan fingerprint density at radius 1 is 1.47 bits per heavy atom. The van der Waals surface area contributed by atoms with Gasteiger partial charge in [-0.3, -0.25) is 4.79 Å². The fraction of sp³-hybridized carbons (Fsp3) is 0.533. The molecule has 104 valence electrons. The van der Waals surface area contributed by atoms with E-state index >= 15 is 0 Å². The number of rotatable bonds is 3. The summed E-state index contributed by atoms with van der Waals surface area (Å²) in [7, 11) is 0. The minimum atomic E-state index is -0.736. The highest BCUT2D eigenvalue weighted by Crippen LogP contribution is 2.27. The Labute approximate surface area is 113 Å². The molecule has 1 aliphatic heterocycles. The molecular formula is C15H21NO3. The summed E-state index contributed by atoms with van der Waals surface area (Å²) in [6.45, 7) is 4.90. The van der Waals surface area contributed by atoms with Gasteiger partial charge in [-0.1, -0.05) is 12.1 Å². The summed E-state index contributed by atoms with van der Waals surface area (Å²) in [6.07, 6.45) is 1.14. The van der Waals surface area contributed by atoms with Crippen LogP contribution in [0.15, 0.2) is 24.3 Å². The lowest BCUT2D eigenvalue weighted by atomic mass is 9.90. The molecule has 2 N–H and O–H groups in total. The van der Waals surface area contributed by atoms with Crippen LogP contribution in [-0.2, 0) is 11.2 Å². The number of hydrogen-bond acceptors (Lipinski definition) is 3. The number of phenols is 1. The van der Waals surface area contributed by atoms with E-state index in [0.717, 1.165) is 12.0 Å². The molecule has 1 fully saturated rings. The predicted molar refractivity (Wildman–Crippen MR) is 72.8 cm³/mol. The van der Waals surface area contributed by atoms with Crippen molar-refractivity contribution >= 4 is 5.91 Å². The van der Waals surface area contributed by atoms with E-state index in [1.54, 1.807) is 36.9 Å². The van der Waals surface area contributed by atoms with E-state index < -0.39 is 5.60 Å². The lowest BCUT2D eigenvalue weighted by Crippen LogP contribution is -2.35. The summed E-state index contributed by atoms with van der Waals surface area (Å²) in [5.41, 5.74) is 0.0803. The van der Waals surface area contributed by atoms with Crippen molar-refractivity contribution in [3.05, 3.63) is 29.8 Å². The molecule has 1 heterocycles. The molecule has 1 atom stereocenters. The van der Waals surface area contributed by atoms with Crippen LogP contribution < -0.4 is 0 Å². The lowest BCUT2D eigenvalue weighted by molar-refractivity contribution is -0.129. The summed E-state index contributed by atoms with van der Waals surface area (Å²) in [5.74, 6) is 0.374. The van der Waals surface area contributed by atoms with Crippen LogP contribution in [0.4, 0.5) is 0 Å². The fourth-order valence-corrected chi connectivity index (χ4v) is 2.52. The first kappa shape index (κ1) is 13.9. The predicted octanol–water partition coefficient (Wildman–Crippen LogP) is 1.55. The van der Waals surface area contributed by atoms with Gasteiger partial charge < -0.3 is 15.1 Å². The van der Waals surface area contributed by atoms with Crippen molar-refractivity contribution in [1.29, 1.82) is 0 Å². The number of phenolic OH excluding ortho intramolecular Hbond substituents is 1. The molecule has 0 spiro atoms. The molecule has 2 rings (SSSR count). The van der Waals surface area contributed by atoms with E-state index in [1.807, 2.05) is 6.07 Å². The molecule has 0 bridgehead atoms. The largest absolute Gasteiger partial charge is 0.508 e. The summed E-state index contributed by atoms with van der Waals surface area (Å²) in [6, 6.07) is 6.78. The third kappa shape index (κ3) is 3.47. The Hall–Kier alpha value is -1.55. The van der Waals surface area contributed by atoms with Crippen LogP contribution in [-0.4, -0.2) is 39.7 Å². The summed E-state index contributed by atoms with van der Waals surface area (Å²) in [4.78, 5) is 14.0. The molecule has 19 heavy (non-hydrogen) atoms. The number of nitrogens with zero attached hydrogens (tertiary/aromatic N) is 1. The van der Waals surface area contributed by atoms with Gasteiger partial charge in [-0.05, 0) is 38.0 Å². The second-order valence-electron chi connectivity index (χ2n) is 5.83. The van der Waals surface area contributed by atoms with Crippen LogP contribution in [0.25, 0.3) is 0 Å². The highest BCUT2D eigenvalue weighted by atomic mass is 16.3. The summed E-state index contributed by atoms with van der Waals surface area (Å²) in [5, 5.41) is 19.4. The number of aromatic hydroxyl groups is 1. The maximum Gasteiger partial charge on any atom is 0.227 e. The molecule has 0 aromatic heterocycles. The first-order valence-electron chi connectivity index (χ1n) is 6.64. The van der Waals surface area contributed by atoms with Crippen molar-refractivity contribution in [2.24, 2.45) is 5.92 Å². The molecule has 0 radical (unpaired) electrons. The van der Waals surface area contributed by atoms with Crippen LogP contribution in [0, 0.1) is 5.92 Å². The Bertz CT molecular complexity index is 465. The highest BCUT2D eigenvalue weighted by molar-refractivity contribution is 5.79. The second-order valence-corrected chi connectivity index (χ2v) is 5.83. The molecule has 1 aromatic rings. The van der Waals surface area contributed by atoms with Crippen LogP contribution >= 0.6 is 0 Å². The van der Waals surface area contributed by atoms with Crippen LogP contribution in [0.1, 0.15) is 25.8 Å². The molecule has 0 aliphatic carbocycles. The van der Waals surface area contributed by atoms with Gasteiger partial charge in [0.05, 0.1) is 12.0 Å². The Morgan fingerprint density at radius 2 is 2.21 bits per heavy atom. The standard InChI is InChI=1S/C15H21NO3/c1-15(2,19)12-6-7-16(10-12)14(18)9-11-4-3-5-13(17)8-11/h3-5,8,12,17,19H,6-7,9-10H2,1-2H3. The van der Waals surface area contributed by atoms with E-state index in [4.69, 9.17) is 0 Å². The molecule has 1 unspecified atom stereocenters. The molecule has 0 saturated carbocycles. The monoisotopic (exact) mass is 263 g/mol. The molecule has 1 aliphatic rings. The van der Waals surface area contributed by atoms with Crippen LogP contribution in [0.3, 0.4) is 0 Å². The van der Waals surface area contributed by atoms with Gasteiger partial charge in [0.25, 0.3) is 0 Å². The Kier molecular flexibility index (Phi) is 3.80. The SMILES string of the molecule is CC(C)(O)C1CCN(C(=O)Cc2cccc(O)c2)C1. The Morgan fingerprint density at radius 3 is 2.79 bits per heavy atom. The number of carbonyl (C=O) groups excluding carboxylic acids is 1. The highest BCUT2D eigenvalue weighted by Gasteiger charge is 2.35. The van der Waals surface area contributed by atoms with Gasteiger partial charge in [0.1, 0.15) is 5.75 Å². The molecule has 1 saturated heterocycles. The van der Waals surface area contributed by atoms with Crippen molar-refractivity contribution < 1.29 is 15.0 Å². The number of benzene rings is 1. The first-order valence-corrected chi connectivity index (χ1v) is 6.64. The maximum atomic E-state index is 12.2. The quantitative estimate of drug-likeness (QED) is 0.870. The van der Waals surface area contributed by atoms with Gasteiger partial charge in [-0.2, -0.15) is 0 Å². The number of hydrogen-bond donors (Lipinski definition) is 2. The average Bonchev–Trinajstić information content (AvgIpc) is 2.77. The smallest absolute Gasteiger partial charge is 0.227 e. The van der Waals surface area contributed by atoms with E-state index in [1.165, 1.54) is 0 Å². The Balaban J connectivity index is 1.95. The van der Waals surface area contributed by atoms with E-state index in [2.05, 4.69) is 0 Å². The lowest BCUT2D eigenvalue weighted by Gasteiger charge is -2.25. The van der Waals surface area contributed by atoms with E-state index in [9.17, 15) is 15.0 Å². The molecular weight excluding hydrogens is 242 g/mol. The van der Waals surface area contributed by atoms with E-state index in [0.29, 0.717) is 19.5 Å². The molecule has 4 nitrogen and oxygen atoms in total. The minimum Gasteiger partial charge on any atom is -0.508 e. The minimum absolute atomic E-state index is 0.0531. The summed E-state index contributed by atoms with van der Waals surface area (Å²) >= 11 is 0. The van der Waals surface area contributed by atoms with Crippen LogP contribution in [0.2, 0.25) is 0 Å². The van der Waals surface area contributed by atoms with Crippen LogP contribution in [0.5, 0.6) is 5.75 Å². The third-order valence-corrected chi connectivity index (χ3v) is 3.81. The van der Waals surface area contributed by atoms with Gasteiger partial charge in [0.15, 0.2) is 0 Å². The average molecular weight is 263 g/mol. The zero-order valence-corrected chi connectivity index (χ0v) is 11.5. The summed E-state index contributed by atoms with van der Waals surface area (Å²) < 4.78 is 0. The van der Waals surface area contributed by atoms with Gasteiger partial charge in [-0.25, -0.2) is 0 Å². The zero-order valence-electron chi connectivity index (χ0n) is 11.5. The van der Waals surface area contributed by atoms with E-state index in [-0.39, 0.29) is 17.6 Å². The van der Waals surface area contributed by atoms with Crippen molar-refractivity contribution in [3.63, 3.8) is 0 Å². The van der Waals surface area contributed by atoms with Crippen molar-refractivity contribution in [2.75, 3.05) is 13.1 Å². The molecule has 1 amide bonds. The normalized spacial score (nSPS) is 19.7. The number of carbonyl (C=O) groups is 1. The topological polar surface area (TPSA) is 60.8 Å². The van der Waals surface area contributed by atoms with Gasteiger partial charge in [0.2, 0.25) is 5.91 Å².